The van der Waals surface area contributed by atoms with Crippen molar-refractivity contribution in [2.45, 2.75) is 19.3 Å². The maximum atomic E-state index is 11.9. The maximum absolute atomic E-state index is 11.9. The Morgan fingerprint density at radius 3 is 2.82 bits per heavy atom. The summed E-state index contributed by atoms with van der Waals surface area (Å²) in [7, 11) is 1.80. The zero-order valence-corrected chi connectivity index (χ0v) is 10.1. The van der Waals surface area contributed by atoms with Crippen molar-refractivity contribution in [3.63, 3.8) is 0 Å². The fourth-order valence-corrected chi connectivity index (χ4v) is 1.55. The van der Waals surface area contributed by atoms with E-state index in [1.54, 1.807) is 7.05 Å². The molecule has 1 aromatic rings. The van der Waals surface area contributed by atoms with Gasteiger partial charge in [-0.15, -0.1) is 12.3 Å². The SMILES string of the molecule is C#CCCCCNC(=O)c1ccccc1NC. The Hall–Kier alpha value is -1.95. The van der Waals surface area contributed by atoms with E-state index < -0.39 is 0 Å². The third-order valence-corrected chi connectivity index (χ3v) is 2.47. The fraction of sp³-hybridized carbons (Fsp3) is 0.357. The number of anilines is 1. The van der Waals surface area contributed by atoms with Gasteiger partial charge in [-0.05, 0) is 25.0 Å². The van der Waals surface area contributed by atoms with Crippen LogP contribution in [0.5, 0.6) is 0 Å². The molecular weight excluding hydrogens is 212 g/mol. The molecular formula is C14H18N2O. The molecule has 0 bridgehead atoms. The van der Waals surface area contributed by atoms with Crippen molar-refractivity contribution < 1.29 is 4.79 Å². The summed E-state index contributed by atoms with van der Waals surface area (Å²) in [5, 5.41) is 5.88. The lowest BCUT2D eigenvalue weighted by atomic mass is 10.1. The van der Waals surface area contributed by atoms with Gasteiger partial charge in [0.15, 0.2) is 0 Å². The summed E-state index contributed by atoms with van der Waals surface area (Å²) in [5.74, 6) is 2.54. The zero-order valence-electron chi connectivity index (χ0n) is 10.1. The average Bonchev–Trinajstić information content (AvgIpc) is 2.38. The number of terminal acetylenes is 1. The summed E-state index contributed by atoms with van der Waals surface area (Å²) in [6, 6.07) is 7.44. The quantitative estimate of drug-likeness (QED) is 0.581. The van der Waals surface area contributed by atoms with Gasteiger partial charge in [0.05, 0.1) is 5.56 Å². The molecule has 0 atom stereocenters. The highest BCUT2D eigenvalue weighted by molar-refractivity contribution is 5.99. The predicted octanol–water partition coefficient (Wildman–Crippen LogP) is 2.26. The minimum absolute atomic E-state index is 0.0457. The molecule has 0 heterocycles. The Morgan fingerprint density at radius 1 is 1.35 bits per heavy atom. The van der Waals surface area contributed by atoms with Crippen LogP contribution < -0.4 is 10.6 Å². The lowest BCUT2D eigenvalue weighted by molar-refractivity contribution is 0.0954. The van der Waals surface area contributed by atoms with Gasteiger partial charge in [0, 0.05) is 25.7 Å². The highest BCUT2D eigenvalue weighted by Crippen LogP contribution is 2.13. The number of para-hydroxylation sites is 1. The van der Waals surface area contributed by atoms with Crippen LogP contribution in [0.25, 0.3) is 0 Å². The Kier molecular flexibility index (Phi) is 5.67. The third-order valence-electron chi connectivity index (χ3n) is 2.47. The van der Waals surface area contributed by atoms with Gasteiger partial charge in [0.25, 0.3) is 5.91 Å². The molecule has 1 amide bonds. The van der Waals surface area contributed by atoms with E-state index in [9.17, 15) is 4.79 Å². The topological polar surface area (TPSA) is 41.1 Å². The van der Waals surface area contributed by atoms with Crippen LogP contribution in [0.2, 0.25) is 0 Å². The summed E-state index contributed by atoms with van der Waals surface area (Å²) in [4.78, 5) is 11.9. The van der Waals surface area contributed by atoms with Crippen molar-refractivity contribution in [2.24, 2.45) is 0 Å². The van der Waals surface area contributed by atoms with Crippen LogP contribution in [0.15, 0.2) is 24.3 Å². The molecule has 17 heavy (non-hydrogen) atoms. The van der Waals surface area contributed by atoms with Gasteiger partial charge in [0.2, 0.25) is 0 Å². The summed E-state index contributed by atoms with van der Waals surface area (Å²) >= 11 is 0. The molecule has 0 saturated carbocycles. The van der Waals surface area contributed by atoms with E-state index in [1.807, 2.05) is 24.3 Å². The van der Waals surface area contributed by atoms with E-state index >= 15 is 0 Å². The molecule has 0 aliphatic heterocycles. The van der Waals surface area contributed by atoms with E-state index in [0.717, 1.165) is 24.9 Å². The molecule has 2 N–H and O–H groups in total. The van der Waals surface area contributed by atoms with Crippen molar-refractivity contribution in [3.05, 3.63) is 29.8 Å². The van der Waals surface area contributed by atoms with Crippen LogP contribution in [0.1, 0.15) is 29.6 Å². The highest BCUT2D eigenvalue weighted by Gasteiger charge is 2.08. The fourth-order valence-electron chi connectivity index (χ4n) is 1.55. The number of carbonyl (C=O) groups is 1. The van der Waals surface area contributed by atoms with Crippen molar-refractivity contribution in [1.82, 2.24) is 5.32 Å². The van der Waals surface area contributed by atoms with Crippen molar-refractivity contribution >= 4 is 11.6 Å². The number of benzene rings is 1. The normalized spacial score (nSPS) is 9.41. The lowest BCUT2D eigenvalue weighted by Crippen LogP contribution is -2.25. The minimum atomic E-state index is -0.0457. The average molecular weight is 230 g/mol. The minimum Gasteiger partial charge on any atom is -0.387 e. The van der Waals surface area contributed by atoms with Gasteiger partial charge in [-0.2, -0.15) is 0 Å². The standard InChI is InChI=1S/C14H18N2O/c1-3-4-5-8-11-16-14(17)12-9-6-7-10-13(12)15-2/h1,6-7,9-10,15H,4-5,8,11H2,2H3,(H,16,17). The maximum Gasteiger partial charge on any atom is 0.253 e. The van der Waals surface area contributed by atoms with Crippen LogP contribution in [0, 0.1) is 12.3 Å². The van der Waals surface area contributed by atoms with Gasteiger partial charge in [-0.1, -0.05) is 12.1 Å². The van der Waals surface area contributed by atoms with Crippen molar-refractivity contribution in [1.29, 1.82) is 0 Å². The molecule has 1 rings (SSSR count). The first kappa shape index (κ1) is 13.1. The van der Waals surface area contributed by atoms with E-state index in [1.165, 1.54) is 0 Å². The molecule has 0 fully saturated rings. The van der Waals surface area contributed by atoms with E-state index in [4.69, 9.17) is 6.42 Å². The second kappa shape index (κ2) is 7.34. The number of amides is 1. The first-order valence-corrected chi connectivity index (χ1v) is 5.78. The van der Waals surface area contributed by atoms with Gasteiger partial charge in [0.1, 0.15) is 0 Å². The summed E-state index contributed by atoms with van der Waals surface area (Å²) in [5.41, 5.74) is 1.51. The Morgan fingerprint density at radius 2 is 2.12 bits per heavy atom. The summed E-state index contributed by atoms with van der Waals surface area (Å²) in [6.07, 6.45) is 7.78. The predicted molar refractivity (Wildman–Crippen MR) is 71.0 cm³/mol. The smallest absolute Gasteiger partial charge is 0.253 e. The second-order valence-electron chi connectivity index (χ2n) is 3.71. The number of hydrogen-bond donors (Lipinski definition) is 2. The van der Waals surface area contributed by atoms with Crippen LogP contribution in [-0.4, -0.2) is 19.5 Å². The molecule has 1 aromatic carbocycles. The molecule has 0 aliphatic rings. The van der Waals surface area contributed by atoms with Crippen molar-refractivity contribution in [2.75, 3.05) is 18.9 Å². The first-order valence-electron chi connectivity index (χ1n) is 5.78. The van der Waals surface area contributed by atoms with E-state index in [2.05, 4.69) is 16.6 Å². The number of unbranched alkanes of at least 4 members (excludes halogenated alkanes) is 2. The molecule has 0 saturated heterocycles. The Labute approximate surface area is 103 Å². The van der Waals surface area contributed by atoms with Gasteiger partial charge < -0.3 is 10.6 Å². The molecule has 3 heteroatoms. The molecule has 0 aliphatic carbocycles. The van der Waals surface area contributed by atoms with E-state index in [0.29, 0.717) is 12.1 Å². The van der Waals surface area contributed by atoms with Crippen molar-refractivity contribution in [3.8, 4) is 12.3 Å². The number of rotatable bonds is 6. The molecule has 0 spiro atoms. The lowest BCUT2D eigenvalue weighted by Gasteiger charge is -2.09. The van der Waals surface area contributed by atoms with Crippen LogP contribution in [-0.2, 0) is 0 Å². The van der Waals surface area contributed by atoms with Crippen LogP contribution in [0.4, 0.5) is 5.69 Å². The third kappa shape index (κ3) is 4.20. The zero-order chi connectivity index (χ0) is 12.5. The monoisotopic (exact) mass is 230 g/mol. The largest absolute Gasteiger partial charge is 0.387 e. The summed E-state index contributed by atoms with van der Waals surface area (Å²) in [6.45, 7) is 0.665. The van der Waals surface area contributed by atoms with Crippen LogP contribution in [0.3, 0.4) is 0 Å². The second-order valence-corrected chi connectivity index (χ2v) is 3.71. The molecule has 90 valence electrons. The number of hydrogen-bond acceptors (Lipinski definition) is 2. The van der Waals surface area contributed by atoms with Gasteiger partial charge >= 0.3 is 0 Å². The van der Waals surface area contributed by atoms with E-state index in [-0.39, 0.29) is 5.91 Å². The summed E-state index contributed by atoms with van der Waals surface area (Å²) < 4.78 is 0. The Bertz CT molecular complexity index is 407. The van der Waals surface area contributed by atoms with Gasteiger partial charge in [-0.25, -0.2) is 0 Å². The number of nitrogens with one attached hydrogen (secondary N) is 2. The Balaban J connectivity index is 2.44. The van der Waals surface area contributed by atoms with Gasteiger partial charge in [-0.3, -0.25) is 4.79 Å². The molecule has 0 aromatic heterocycles. The first-order chi connectivity index (χ1) is 8.29. The molecule has 0 unspecified atom stereocenters. The highest BCUT2D eigenvalue weighted by atomic mass is 16.1. The molecule has 0 radical (unpaired) electrons. The number of carbonyl (C=O) groups excluding carboxylic acids is 1. The van der Waals surface area contributed by atoms with Crippen LogP contribution >= 0.6 is 0 Å². The molecule has 3 nitrogen and oxygen atoms in total.